The van der Waals surface area contributed by atoms with Gasteiger partial charge in [-0.25, -0.2) is 8.42 Å². The van der Waals surface area contributed by atoms with Crippen LogP contribution < -0.4 is 14.4 Å². The fraction of sp³-hybridized carbons (Fsp3) is 0.480. The van der Waals surface area contributed by atoms with Crippen molar-refractivity contribution in [3.05, 3.63) is 59.2 Å². The van der Waals surface area contributed by atoms with Crippen LogP contribution in [0.2, 0.25) is 0 Å². The molecular formula is C25H34N2O4S. The number of nitrogens with zero attached hydrogens (tertiary/aromatic N) is 1. The molecule has 1 amide bonds. The molecule has 174 valence electrons. The van der Waals surface area contributed by atoms with Crippen LogP contribution in [-0.4, -0.2) is 32.2 Å². The van der Waals surface area contributed by atoms with Crippen molar-refractivity contribution in [3.8, 4) is 5.75 Å². The van der Waals surface area contributed by atoms with Gasteiger partial charge in [-0.1, -0.05) is 38.1 Å². The van der Waals surface area contributed by atoms with E-state index < -0.39 is 16.1 Å². The van der Waals surface area contributed by atoms with E-state index in [0.29, 0.717) is 12.1 Å². The number of anilines is 1. The number of benzene rings is 2. The Morgan fingerprint density at radius 1 is 1.16 bits per heavy atom. The van der Waals surface area contributed by atoms with Gasteiger partial charge in [0.2, 0.25) is 15.9 Å². The van der Waals surface area contributed by atoms with E-state index in [1.165, 1.54) is 4.31 Å². The molecule has 0 bridgehead atoms. The number of aryl methyl sites for hydroxylation is 2. The van der Waals surface area contributed by atoms with Crippen molar-refractivity contribution in [1.82, 2.24) is 5.32 Å². The summed E-state index contributed by atoms with van der Waals surface area (Å²) in [5, 5.41) is 3.12. The van der Waals surface area contributed by atoms with Gasteiger partial charge in [-0.15, -0.1) is 0 Å². The maximum atomic E-state index is 13.4. The molecule has 3 rings (SSSR count). The standard InChI is InChI=1S/C25H34N2O4S/c1-7-25(8-2)16-22(21-11-9-10-12-23(21)31-25)26-24(28)19(5)27(32(6,29)30)20-14-13-17(3)18(4)15-20/h9-15,19,22H,7-8,16H2,1-6H3,(H,26,28)/t19-,22-/m1/s1. The van der Waals surface area contributed by atoms with E-state index in [1.807, 2.05) is 50.2 Å². The largest absolute Gasteiger partial charge is 0.487 e. The van der Waals surface area contributed by atoms with Gasteiger partial charge in [-0.05, 0) is 62.9 Å². The van der Waals surface area contributed by atoms with Gasteiger partial charge in [-0.2, -0.15) is 0 Å². The molecule has 0 unspecified atom stereocenters. The first kappa shape index (κ1) is 24.1. The molecule has 2 aromatic rings. The average Bonchev–Trinajstić information content (AvgIpc) is 2.75. The summed E-state index contributed by atoms with van der Waals surface area (Å²) in [5.41, 5.74) is 3.08. The number of amides is 1. The minimum absolute atomic E-state index is 0.254. The molecule has 0 aromatic heterocycles. The van der Waals surface area contributed by atoms with Gasteiger partial charge < -0.3 is 10.1 Å². The van der Waals surface area contributed by atoms with Crippen molar-refractivity contribution >= 4 is 21.6 Å². The zero-order valence-corrected chi connectivity index (χ0v) is 20.6. The molecule has 2 atom stereocenters. The predicted octanol–water partition coefficient (Wildman–Crippen LogP) is 4.66. The molecule has 0 fully saturated rings. The highest BCUT2D eigenvalue weighted by atomic mass is 32.2. The molecule has 6 nitrogen and oxygen atoms in total. The van der Waals surface area contributed by atoms with Crippen molar-refractivity contribution in [1.29, 1.82) is 0 Å². The highest BCUT2D eigenvalue weighted by Gasteiger charge is 2.40. The Balaban J connectivity index is 1.92. The molecule has 32 heavy (non-hydrogen) atoms. The van der Waals surface area contributed by atoms with E-state index in [-0.39, 0.29) is 17.6 Å². The van der Waals surface area contributed by atoms with Crippen LogP contribution in [0.15, 0.2) is 42.5 Å². The molecule has 0 saturated heterocycles. The van der Waals surface area contributed by atoms with Gasteiger partial charge in [0.05, 0.1) is 18.0 Å². The average molecular weight is 459 g/mol. The molecule has 2 aromatic carbocycles. The summed E-state index contributed by atoms with van der Waals surface area (Å²) in [7, 11) is -3.68. The van der Waals surface area contributed by atoms with E-state index in [2.05, 4.69) is 19.2 Å². The smallest absolute Gasteiger partial charge is 0.244 e. The number of fused-ring (bicyclic) bond motifs is 1. The molecule has 1 aliphatic rings. The molecule has 0 saturated carbocycles. The van der Waals surface area contributed by atoms with Gasteiger partial charge in [0.25, 0.3) is 0 Å². The van der Waals surface area contributed by atoms with E-state index >= 15 is 0 Å². The second-order valence-corrected chi connectivity index (χ2v) is 10.7. The Hall–Kier alpha value is -2.54. The predicted molar refractivity (Wildman–Crippen MR) is 129 cm³/mol. The minimum atomic E-state index is -3.68. The zero-order chi connectivity index (χ0) is 23.7. The Kier molecular flexibility index (Phi) is 6.89. The highest BCUT2D eigenvalue weighted by Crippen LogP contribution is 2.42. The molecular weight excluding hydrogens is 424 g/mol. The number of para-hydroxylation sites is 1. The van der Waals surface area contributed by atoms with Crippen LogP contribution in [0.1, 0.15) is 62.8 Å². The number of nitrogens with one attached hydrogen (secondary N) is 1. The maximum Gasteiger partial charge on any atom is 0.244 e. The third-order valence-corrected chi connectivity index (χ3v) is 7.88. The molecule has 0 aliphatic carbocycles. The lowest BCUT2D eigenvalue weighted by Gasteiger charge is -2.42. The van der Waals surface area contributed by atoms with E-state index in [1.54, 1.807) is 13.0 Å². The Morgan fingerprint density at radius 2 is 1.81 bits per heavy atom. The summed E-state index contributed by atoms with van der Waals surface area (Å²) in [6.45, 7) is 9.70. The fourth-order valence-electron chi connectivity index (χ4n) is 4.39. The summed E-state index contributed by atoms with van der Waals surface area (Å²) < 4.78 is 32.9. The lowest BCUT2D eigenvalue weighted by molar-refractivity contribution is -0.123. The molecule has 0 spiro atoms. The zero-order valence-electron chi connectivity index (χ0n) is 19.8. The van der Waals surface area contributed by atoms with E-state index in [4.69, 9.17) is 4.74 Å². The molecule has 1 aliphatic heterocycles. The highest BCUT2D eigenvalue weighted by molar-refractivity contribution is 7.92. The van der Waals surface area contributed by atoms with Gasteiger partial charge in [0.15, 0.2) is 0 Å². The number of carbonyl (C=O) groups excluding carboxylic acids is 1. The number of carbonyl (C=O) groups is 1. The second-order valence-electron chi connectivity index (χ2n) is 8.80. The normalized spacial score (nSPS) is 18.2. The number of hydrogen-bond acceptors (Lipinski definition) is 4. The first-order valence-electron chi connectivity index (χ1n) is 11.2. The Bertz CT molecular complexity index is 1090. The lowest BCUT2D eigenvalue weighted by Crippen LogP contribution is -2.51. The summed E-state index contributed by atoms with van der Waals surface area (Å²) in [6.07, 6.45) is 3.41. The van der Waals surface area contributed by atoms with Crippen LogP contribution in [0.25, 0.3) is 0 Å². The van der Waals surface area contributed by atoms with Gasteiger partial charge in [0.1, 0.15) is 17.4 Å². The monoisotopic (exact) mass is 458 g/mol. The number of hydrogen-bond donors (Lipinski definition) is 1. The van der Waals surface area contributed by atoms with Gasteiger partial charge >= 0.3 is 0 Å². The second kappa shape index (κ2) is 9.14. The molecule has 1 heterocycles. The van der Waals surface area contributed by atoms with Crippen LogP contribution in [0.3, 0.4) is 0 Å². The van der Waals surface area contributed by atoms with Crippen LogP contribution in [0.5, 0.6) is 5.75 Å². The van der Waals surface area contributed by atoms with Crippen molar-refractivity contribution in [2.75, 3.05) is 10.6 Å². The SMILES string of the molecule is CCC1(CC)C[C@@H](NC(=O)[C@@H](C)N(c2ccc(C)c(C)c2)S(C)(=O)=O)c2ccccc2O1. The van der Waals surface area contributed by atoms with Crippen molar-refractivity contribution < 1.29 is 17.9 Å². The summed E-state index contributed by atoms with van der Waals surface area (Å²) in [4.78, 5) is 13.4. The van der Waals surface area contributed by atoms with Crippen LogP contribution >= 0.6 is 0 Å². The molecule has 0 radical (unpaired) electrons. The van der Waals surface area contributed by atoms with Crippen LogP contribution in [0, 0.1) is 13.8 Å². The van der Waals surface area contributed by atoms with E-state index in [9.17, 15) is 13.2 Å². The number of rotatable bonds is 7. The Labute approximate surface area is 192 Å². The van der Waals surface area contributed by atoms with Crippen molar-refractivity contribution in [2.45, 2.75) is 71.6 Å². The summed E-state index contributed by atoms with van der Waals surface area (Å²) in [5.74, 6) is 0.436. The van der Waals surface area contributed by atoms with Crippen molar-refractivity contribution in [2.24, 2.45) is 0 Å². The third-order valence-electron chi connectivity index (χ3n) is 6.64. The topological polar surface area (TPSA) is 75.7 Å². The summed E-state index contributed by atoms with van der Waals surface area (Å²) >= 11 is 0. The first-order chi connectivity index (χ1) is 15.0. The van der Waals surface area contributed by atoms with Crippen LogP contribution in [-0.2, 0) is 14.8 Å². The van der Waals surface area contributed by atoms with Gasteiger partial charge in [0, 0.05) is 12.0 Å². The van der Waals surface area contributed by atoms with Crippen molar-refractivity contribution in [3.63, 3.8) is 0 Å². The lowest BCUT2D eigenvalue weighted by atomic mass is 9.83. The first-order valence-corrected chi connectivity index (χ1v) is 13.0. The number of sulfonamides is 1. The third kappa shape index (κ3) is 4.77. The van der Waals surface area contributed by atoms with E-state index in [0.717, 1.165) is 41.5 Å². The minimum Gasteiger partial charge on any atom is -0.487 e. The van der Waals surface area contributed by atoms with Crippen LogP contribution in [0.4, 0.5) is 5.69 Å². The molecule has 7 heteroatoms. The van der Waals surface area contributed by atoms with Gasteiger partial charge in [-0.3, -0.25) is 9.10 Å². The Morgan fingerprint density at radius 3 is 2.41 bits per heavy atom. The molecule has 1 N–H and O–H groups in total. The fourth-order valence-corrected chi connectivity index (χ4v) is 5.56. The summed E-state index contributed by atoms with van der Waals surface area (Å²) in [6, 6.07) is 12.0. The maximum absolute atomic E-state index is 13.4. The quantitative estimate of drug-likeness (QED) is 0.655. The number of ether oxygens (including phenoxy) is 1.